The van der Waals surface area contributed by atoms with Gasteiger partial charge < -0.3 is 5.32 Å². The molecule has 0 radical (unpaired) electrons. The molecule has 5 rings (SSSR count). The first-order chi connectivity index (χ1) is 15.3. The highest BCUT2D eigenvalue weighted by Gasteiger charge is 2.64. The van der Waals surface area contributed by atoms with E-state index < -0.39 is 34.0 Å². The molecule has 1 spiro atoms. The summed E-state index contributed by atoms with van der Waals surface area (Å²) in [4.78, 5) is 40.4. The van der Waals surface area contributed by atoms with Gasteiger partial charge in [0.05, 0.1) is 15.7 Å². The van der Waals surface area contributed by atoms with E-state index in [-0.39, 0.29) is 11.5 Å². The molecule has 1 amide bonds. The number of rotatable bonds is 4. The average molecular weight is 451 g/mol. The minimum Gasteiger partial charge on any atom is -0.324 e. The molecule has 2 aromatic carbocycles. The van der Waals surface area contributed by atoms with Gasteiger partial charge in [-0.25, -0.2) is 4.39 Å². The number of carbonyl (C=O) groups excluding carboxylic acids is 2. The molecule has 2 aliphatic rings. The number of benzene rings is 2. The fourth-order valence-electron chi connectivity index (χ4n) is 5.15. The lowest BCUT2D eigenvalue weighted by Crippen LogP contribution is -2.51. The summed E-state index contributed by atoms with van der Waals surface area (Å²) in [6.45, 7) is 0.298. The lowest BCUT2D eigenvalue weighted by molar-refractivity contribution is -0.384. The summed E-state index contributed by atoms with van der Waals surface area (Å²) < 4.78 is 14.3. The Balaban J connectivity index is 1.74. The zero-order valence-corrected chi connectivity index (χ0v) is 17.8. The summed E-state index contributed by atoms with van der Waals surface area (Å²) in [5.41, 5.74) is -0.0423. The lowest BCUT2D eigenvalue weighted by Gasteiger charge is -2.35. The molecular weight excluding hydrogens is 433 g/mol. The van der Waals surface area contributed by atoms with Crippen LogP contribution >= 0.6 is 11.3 Å². The second-order valence-corrected chi connectivity index (χ2v) is 9.02. The summed E-state index contributed by atoms with van der Waals surface area (Å²) in [5, 5.41) is 16.0. The number of nitro groups is 1. The van der Waals surface area contributed by atoms with Crippen LogP contribution in [0.5, 0.6) is 0 Å². The number of Topliss-reactive ketones (excluding diaryl/α,β-unsaturated/α-hetero) is 1. The van der Waals surface area contributed by atoms with Crippen molar-refractivity contribution >= 4 is 34.4 Å². The van der Waals surface area contributed by atoms with Crippen molar-refractivity contribution in [2.24, 2.45) is 5.92 Å². The highest BCUT2D eigenvalue weighted by atomic mass is 32.1. The molecule has 1 fully saturated rings. The fraction of sp³-hybridized carbons (Fsp3) is 0.217. The lowest BCUT2D eigenvalue weighted by atomic mass is 9.71. The van der Waals surface area contributed by atoms with Gasteiger partial charge in [0, 0.05) is 35.8 Å². The Bertz CT molecular complexity index is 1260. The number of amides is 1. The molecule has 3 aromatic rings. The Labute approximate surface area is 186 Å². The Kier molecular flexibility index (Phi) is 4.68. The predicted molar refractivity (Wildman–Crippen MR) is 117 cm³/mol. The van der Waals surface area contributed by atoms with Gasteiger partial charge >= 0.3 is 0 Å². The van der Waals surface area contributed by atoms with Gasteiger partial charge in [0.25, 0.3) is 5.69 Å². The number of likely N-dealkylation sites (tertiary alicyclic amines) is 1. The van der Waals surface area contributed by atoms with Crippen molar-refractivity contribution in [1.29, 1.82) is 0 Å². The second kappa shape index (κ2) is 7.32. The van der Waals surface area contributed by atoms with E-state index in [0.29, 0.717) is 28.2 Å². The summed E-state index contributed by atoms with van der Waals surface area (Å²) in [5.74, 6) is -2.55. The van der Waals surface area contributed by atoms with Crippen molar-refractivity contribution < 1.29 is 18.9 Å². The standard InChI is InChI=1S/C23H18FN3O4S/c1-26-12-16(13-4-2-5-15(10-13)27(30)31)20(21(28)19-6-3-9-32-19)23(26)17-11-14(24)7-8-18(17)25-22(23)29/h2-11,16,20H,12H2,1H3,(H,25,29)/t16-,20?,23-/m1/s1. The van der Waals surface area contributed by atoms with Gasteiger partial charge in [-0.3, -0.25) is 24.6 Å². The Hall–Kier alpha value is -3.43. The molecule has 3 atom stereocenters. The van der Waals surface area contributed by atoms with Crippen LogP contribution in [0.1, 0.15) is 26.7 Å². The van der Waals surface area contributed by atoms with E-state index in [9.17, 15) is 24.1 Å². The highest BCUT2D eigenvalue weighted by molar-refractivity contribution is 7.12. The van der Waals surface area contributed by atoms with Gasteiger partial charge in [-0.2, -0.15) is 0 Å². The largest absolute Gasteiger partial charge is 0.324 e. The molecule has 0 aliphatic carbocycles. The normalized spacial score (nSPS) is 24.5. The van der Waals surface area contributed by atoms with Crippen LogP contribution in [0.25, 0.3) is 0 Å². The van der Waals surface area contributed by atoms with Gasteiger partial charge in [-0.1, -0.05) is 18.2 Å². The quantitative estimate of drug-likeness (QED) is 0.365. The summed E-state index contributed by atoms with van der Waals surface area (Å²) in [7, 11) is 1.73. The van der Waals surface area contributed by atoms with Crippen molar-refractivity contribution in [3.63, 3.8) is 0 Å². The van der Waals surface area contributed by atoms with Gasteiger partial charge in [0.2, 0.25) is 5.91 Å². The maximum Gasteiger partial charge on any atom is 0.269 e. The van der Waals surface area contributed by atoms with Gasteiger partial charge in [-0.05, 0) is 42.3 Å². The Morgan fingerprint density at radius 1 is 1.25 bits per heavy atom. The highest BCUT2D eigenvalue weighted by Crippen LogP contribution is 2.56. The molecule has 32 heavy (non-hydrogen) atoms. The third kappa shape index (κ3) is 2.81. The fourth-order valence-corrected chi connectivity index (χ4v) is 5.86. The van der Waals surface area contributed by atoms with Crippen LogP contribution in [0.15, 0.2) is 60.0 Å². The summed E-state index contributed by atoms with van der Waals surface area (Å²) in [6.07, 6.45) is 0. The number of fused-ring (bicyclic) bond motifs is 2. The predicted octanol–water partition coefficient (Wildman–Crippen LogP) is 4.17. The van der Waals surface area contributed by atoms with E-state index in [1.807, 2.05) is 0 Å². The third-order valence-corrected chi connectivity index (χ3v) is 7.35. The number of nitrogens with one attached hydrogen (secondary N) is 1. The topological polar surface area (TPSA) is 92.5 Å². The molecule has 162 valence electrons. The van der Waals surface area contributed by atoms with Crippen molar-refractivity contribution in [2.45, 2.75) is 11.5 Å². The van der Waals surface area contributed by atoms with Crippen LogP contribution in [0.4, 0.5) is 15.8 Å². The molecule has 0 bridgehead atoms. The summed E-state index contributed by atoms with van der Waals surface area (Å²) >= 11 is 1.27. The number of nitro benzene ring substituents is 1. The number of nitrogens with zero attached hydrogens (tertiary/aromatic N) is 2. The van der Waals surface area contributed by atoms with Gasteiger partial charge in [0.15, 0.2) is 5.78 Å². The molecule has 0 saturated carbocycles. The van der Waals surface area contributed by atoms with Crippen LogP contribution in [-0.4, -0.2) is 35.1 Å². The SMILES string of the molecule is CN1C[C@H](c2cccc([N+](=O)[O-])c2)C(C(=O)c2cccs2)[C@]12C(=O)Nc1ccc(F)cc12. The van der Waals surface area contributed by atoms with Crippen molar-refractivity contribution in [2.75, 3.05) is 18.9 Å². The molecule has 3 heterocycles. The van der Waals surface area contributed by atoms with Crippen molar-refractivity contribution in [1.82, 2.24) is 4.90 Å². The monoisotopic (exact) mass is 451 g/mol. The molecule has 1 unspecified atom stereocenters. The number of carbonyl (C=O) groups is 2. The maximum absolute atomic E-state index is 14.3. The number of non-ortho nitro benzene ring substituents is 1. The number of likely N-dealkylation sites (N-methyl/N-ethyl adjacent to an activating group) is 1. The van der Waals surface area contributed by atoms with Crippen LogP contribution in [0, 0.1) is 21.8 Å². The average Bonchev–Trinajstić information content (AvgIpc) is 3.47. The first-order valence-corrected chi connectivity index (χ1v) is 10.9. The zero-order chi connectivity index (χ0) is 22.6. The zero-order valence-electron chi connectivity index (χ0n) is 16.9. The summed E-state index contributed by atoms with van der Waals surface area (Å²) in [6, 6.07) is 13.7. The number of hydrogen-bond acceptors (Lipinski definition) is 6. The number of thiophene rings is 1. The van der Waals surface area contributed by atoms with Gasteiger partial charge in [-0.15, -0.1) is 11.3 Å². The van der Waals surface area contributed by atoms with Crippen molar-refractivity contribution in [3.05, 3.63) is 91.9 Å². The number of anilines is 1. The second-order valence-electron chi connectivity index (χ2n) is 8.07. The maximum atomic E-state index is 14.3. The number of halogens is 1. The van der Waals surface area contributed by atoms with E-state index in [4.69, 9.17) is 0 Å². The molecule has 1 N–H and O–H groups in total. The molecule has 7 nitrogen and oxygen atoms in total. The number of hydrogen-bond donors (Lipinski definition) is 1. The minimum absolute atomic E-state index is 0.0873. The molecule has 2 aliphatic heterocycles. The van der Waals surface area contributed by atoms with Crippen LogP contribution in [0.2, 0.25) is 0 Å². The first-order valence-electron chi connectivity index (χ1n) is 9.99. The van der Waals surface area contributed by atoms with E-state index in [2.05, 4.69) is 5.32 Å². The smallest absolute Gasteiger partial charge is 0.269 e. The molecule has 9 heteroatoms. The van der Waals surface area contributed by atoms with Gasteiger partial charge in [0.1, 0.15) is 11.4 Å². The van der Waals surface area contributed by atoms with Crippen molar-refractivity contribution in [3.8, 4) is 0 Å². The van der Waals surface area contributed by atoms with E-state index in [1.165, 1.54) is 41.7 Å². The van der Waals surface area contributed by atoms with Crippen LogP contribution < -0.4 is 5.32 Å². The minimum atomic E-state index is -1.42. The van der Waals surface area contributed by atoms with E-state index in [1.54, 1.807) is 41.6 Å². The Morgan fingerprint density at radius 2 is 2.06 bits per heavy atom. The molecule has 1 saturated heterocycles. The molecule has 1 aromatic heterocycles. The number of ketones is 1. The third-order valence-electron chi connectivity index (χ3n) is 6.47. The van der Waals surface area contributed by atoms with E-state index >= 15 is 0 Å². The van der Waals surface area contributed by atoms with E-state index in [0.717, 1.165) is 0 Å². The van der Waals surface area contributed by atoms with Crippen LogP contribution in [-0.2, 0) is 10.3 Å². The van der Waals surface area contributed by atoms with Crippen LogP contribution in [0.3, 0.4) is 0 Å². The first kappa shape index (κ1) is 20.5. The Morgan fingerprint density at radius 3 is 2.78 bits per heavy atom. The molecular formula is C23H18FN3O4S.